The number of aromatic nitrogens is 2. The molecule has 1 heterocycles. The standard InChI is InChI=1S/C11H11BrN2/c1-14-7-6-13-11(14)10-4-2-9(8-12)3-5-10/h2-7H,8H2,1H3. The fourth-order valence-electron chi connectivity index (χ4n) is 1.39. The summed E-state index contributed by atoms with van der Waals surface area (Å²) in [6.45, 7) is 0. The molecule has 1 aromatic carbocycles. The number of hydrogen-bond acceptors (Lipinski definition) is 1. The lowest BCUT2D eigenvalue weighted by Crippen LogP contribution is -1.91. The van der Waals surface area contributed by atoms with Crippen molar-refractivity contribution in [2.75, 3.05) is 0 Å². The van der Waals surface area contributed by atoms with Gasteiger partial charge in [-0.25, -0.2) is 4.98 Å². The van der Waals surface area contributed by atoms with Gasteiger partial charge in [-0.05, 0) is 5.56 Å². The predicted molar refractivity (Wildman–Crippen MR) is 61.3 cm³/mol. The van der Waals surface area contributed by atoms with E-state index in [1.165, 1.54) is 5.56 Å². The second-order valence-electron chi connectivity index (χ2n) is 3.19. The molecule has 0 amide bonds. The molecule has 0 atom stereocenters. The Bertz CT molecular complexity index is 417. The number of halogens is 1. The van der Waals surface area contributed by atoms with Crippen LogP contribution in [0.2, 0.25) is 0 Å². The second kappa shape index (κ2) is 3.96. The van der Waals surface area contributed by atoms with Crippen molar-refractivity contribution in [3.8, 4) is 11.4 Å². The summed E-state index contributed by atoms with van der Waals surface area (Å²) in [6.07, 6.45) is 3.77. The minimum Gasteiger partial charge on any atom is -0.334 e. The molecule has 0 saturated heterocycles. The summed E-state index contributed by atoms with van der Waals surface area (Å²) in [7, 11) is 2.00. The number of hydrogen-bond donors (Lipinski definition) is 0. The minimum absolute atomic E-state index is 0.897. The van der Waals surface area contributed by atoms with Crippen LogP contribution in [0, 0.1) is 0 Å². The average Bonchev–Trinajstić information content (AvgIpc) is 2.65. The van der Waals surface area contributed by atoms with Gasteiger partial charge in [0.2, 0.25) is 0 Å². The first-order valence-corrected chi connectivity index (χ1v) is 5.56. The first-order valence-electron chi connectivity index (χ1n) is 4.44. The summed E-state index contributed by atoms with van der Waals surface area (Å²) in [5.41, 5.74) is 2.44. The zero-order valence-corrected chi connectivity index (χ0v) is 9.53. The van der Waals surface area contributed by atoms with Crippen LogP contribution >= 0.6 is 15.9 Å². The lowest BCUT2D eigenvalue weighted by Gasteiger charge is -2.02. The molecule has 0 unspecified atom stereocenters. The van der Waals surface area contributed by atoms with Gasteiger partial charge in [0.25, 0.3) is 0 Å². The highest BCUT2D eigenvalue weighted by Gasteiger charge is 2.01. The Morgan fingerprint density at radius 1 is 1.29 bits per heavy atom. The van der Waals surface area contributed by atoms with E-state index in [9.17, 15) is 0 Å². The van der Waals surface area contributed by atoms with E-state index in [0.29, 0.717) is 0 Å². The Kier molecular flexibility index (Phi) is 2.68. The average molecular weight is 251 g/mol. The topological polar surface area (TPSA) is 17.8 Å². The van der Waals surface area contributed by atoms with Crippen LogP contribution in [0.5, 0.6) is 0 Å². The van der Waals surface area contributed by atoms with E-state index in [4.69, 9.17) is 0 Å². The quantitative estimate of drug-likeness (QED) is 0.750. The van der Waals surface area contributed by atoms with Crippen LogP contribution in [0.4, 0.5) is 0 Å². The van der Waals surface area contributed by atoms with E-state index < -0.39 is 0 Å². The lowest BCUT2D eigenvalue weighted by molar-refractivity contribution is 0.925. The summed E-state index contributed by atoms with van der Waals surface area (Å²) in [4.78, 5) is 4.29. The largest absolute Gasteiger partial charge is 0.334 e. The third-order valence-corrected chi connectivity index (χ3v) is 2.84. The van der Waals surface area contributed by atoms with Crippen LogP contribution in [0.1, 0.15) is 5.56 Å². The molecule has 1 aromatic heterocycles. The number of imidazole rings is 1. The third-order valence-electron chi connectivity index (χ3n) is 2.19. The number of aryl methyl sites for hydroxylation is 1. The van der Waals surface area contributed by atoms with Gasteiger partial charge in [-0.2, -0.15) is 0 Å². The van der Waals surface area contributed by atoms with Crippen molar-refractivity contribution in [3.05, 3.63) is 42.2 Å². The highest BCUT2D eigenvalue weighted by atomic mass is 79.9. The van der Waals surface area contributed by atoms with Crippen molar-refractivity contribution in [1.29, 1.82) is 0 Å². The molecule has 0 spiro atoms. The van der Waals surface area contributed by atoms with Crippen LogP contribution in [0.3, 0.4) is 0 Å². The molecule has 0 aliphatic heterocycles. The van der Waals surface area contributed by atoms with Crippen molar-refractivity contribution >= 4 is 15.9 Å². The molecule has 0 radical (unpaired) electrons. The maximum atomic E-state index is 4.29. The first-order chi connectivity index (χ1) is 6.81. The van der Waals surface area contributed by atoms with Gasteiger partial charge >= 0.3 is 0 Å². The number of rotatable bonds is 2. The summed E-state index contributed by atoms with van der Waals surface area (Å²) < 4.78 is 2.02. The number of alkyl halides is 1. The monoisotopic (exact) mass is 250 g/mol. The molecule has 14 heavy (non-hydrogen) atoms. The van der Waals surface area contributed by atoms with Crippen molar-refractivity contribution < 1.29 is 0 Å². The minimum atomic E-state index is 0.897. The highest BCUT2D eigenvalue weighted by molar-refractivity contribution is 9.08. The maximum Gasteiger partial charge on any atom is 0.139 e. The van der Waals surface area contributed by atoms with E-state index in [2.05, 4.69) is 45.2 Å². The van der Waals surface area contributed by atoms with E-state index in [0.717, 1.165) is 16.7 Å². The molecule has 0 N–H and O–H groups in total. The van der Waals surface area contributed by atoms with Crippen molar-refractivity contribution in [1.82, 2.24) is 9.55 Å². The molecule has 3 heteroatoms. The van der Waals surface area contributed by atoms with Gasteiger partial charge in [0.05, 0.1) is 0 Å². The zero-order chi connectivity index (χ0) is 9.97. The van der Waals surface area contributed by atoms with Gasteiger partial charge in [-0.1, -0.05) is 40.2 Å². The van der Waals surface area contributed by atoms with Crippen molar-refractivity contribution in [3.63, 3.8) is 0 Å². The second-order valence-corrected chi connectivity index (χ2v) is 3.75. The van der Waals surface area contributed by atoms with Gasteiger partial charge in [-0.15, -0.1) is 0 Å². The first kappa shape index (κ1) is 9.46. The molecule has 2 rings (SSSR count). The van der Waals surface area contributed by atoms with E-state index >= 15 is 0 Å². The van der Waals surface area contributed by atoms with E-state index in [1.807, 2.05) is 24.0 Å². The van der Waals surface area contributed by atoms with Crippen LogP contribution < -0.4 is 0 Å². The molecular weight excluding hydrogens is 240 g/mol. The molecule has 72 valence electrons. The molecule has 0 fully saturated rings. The molecule has 0 bridgehead atoms. The number of benzene rings is 1. The van der Waals surface area contributed by atoms with Gasteiger partial charge in [0, 0.05) is 30.3 Å². The lowest BCUT2D eigenvalue weighted by atomic mass is 10.1. The van der Waals surface area contributed by atoms with Gasteiger partial charge < -0.3 is 4.57 Å². The molecular formula is C11H11BrN2. The SMILES string of the molecule is Cn1ccnc1-c1ccc(CBr)cc1. The smallest absolute Gasteiger partial charge is 0.139 e. The van der Waals surface area contributed by atoms with Crippen molar-refractivity contribution in [2.24, 2.45) is 7.05 Å². The fraction of sp³-hybridized carbons (Fsp3) is 0.182. The molecule has 2 aromatic rings. The maximum absolute atomic E-state index is 4.29. The predicted octanol–water partition coefficient (Wildman–Crippen LogP) is 2.98. The Morgan fingerprint density at radius 2 is 2.00 bits per heavy atom. The summed E-state index contributed by atoms with van der Waals surface area (Å²) in [6, 6.07) is 8.41. The fourth-order valence-corrected chi connectivity index (χ4v) is 1.76. The molecule has 0 aliphatic carbocycles. The highest BCUT2D eigenvalue weighted by Crippen LogP contribution is 2.17. The third kappa shape index (κ3) is 1.73. The molecule has 0 aliphatic rings. The molecule has 0 saturated carbocycles. The Morgan fingerprint density at radius 3 is 2.50 bits per heavy atom. The Balaban J connectivity index is 2.39. The molecule has 2 nitrogen and oxygen atoms in total. The summed E-state index contributed by atoms with van der Waals surface area (Å²) >= 11 is 3.42. The summed E-state index contributed by atoms with van der Waals surface area (Å²) in [5, 5.41) is 0.897. The van der Waals surface area contributed by atoms with Crippen LogP contribution in [0.15, 0.2) is 36.7 Å². The summed E-state index contributed by atoms with van der Waals surface area (Å²) in [5.74, 6) is 1.01. The Labute approximate surface area is 91.7 Å². The van der Waals surface area contributed by atoms with Crippen LogP contribution in [-0.2, 0) is 12.4 Å². The zero-order valence-electron chi connectivity index (χ0n) is 7.94. The van der Waals surface area contributed by atoms with Crippen LogP contribution in [-0.4, -0.2) is 9.55 Å². The van der Waals surface area contributed by atoms with E-state index in [-0.39, 0.29) is 0 Å². The van der Waals surface area contributed by atoms with E-state index in [1.54, 1.807) is 0 Å². The van der Waals surface area contributed by atoms with Gasteiger partial charge in [0.15, 0.2) is 0 Å². The van der Waals surface area contributed by atoms with Gasteiger partial charge in [0.1, 0.15) is 5.82 Å². The van der Waals surface area contributed by atoms with Gasteiger partial charge in [-0.3, -0.25) is 0 Å². The Hall–Kier alpha value is -1.09. The van der Waals surface area contributed by atoms with Crippen LogP contribution in [0.25, 0.3) is 11.4 Å². The normalized spacial score (nSPS) is 10.4. The number of nitrogens with zero attached hydrogens (tertiary/aromatic N) is 2. The van der Waals surface area contributed by atoms with Crippen molar-refractivity contribution in [2.45, 2.75) is 5.33 Å².